The summed E-state index contributed by atoms with van der Waals surface area (Å²) < 4.78 is 0.947. The van der Waals surface area contributed by atoms with Crippen LogP contribution in [0.25, 0.3) is 0 Å². The van der Waals surface area contributed by atoms with Crippen molar-refractivity contribution in [1.82, 2.24) is 5.32 Å². The van der Waals surface area contributed by atoms with Gasteiger partial charge in [-0.15, -0.1) is 0 Å². The van der Waals surface area contributed by atoms with Crippen molar-refractivity contribution < 1.29 is 4.79 Å². The fraction of sp³-hybridized carbons (Fsp3) is 0.133. The minimum atomic E-state index is -0.296. The summed E-state index contributed by atoms with van der Waals surface area (Å²) >= 11 is 11.3. The maximum atomic E-state index is 11.9. The second-order valence-corrected chi connectivity index (χ2v) is 6.96. The molecule has 2 N–H and O–H groups in total. The van der Waals surface area contributed by atoms with Gasteiger partial charge in [0.2, 0.25) is 5.91 Å². The molecule has 1 heterocycles. The number of carbonyl (C=O) groups is 1. The minimum Gasteiger partial charge on any atom is -0.324 e. The molecule has 0 radical (unpaired) electrons. The molecule has 108 valence electrons. The monoisotopic (exact) mass is 382 g/mol. The van der Waals surface area contributed by atoms with Crippen LogP contribution in [-0.2, 0) is 4.79 Å². The van der Waals surface area contributed by atoms with Crippen molar-refractivity contribution in [3.8, 4) is 0 Å². The molecule has 2 aromatic rings. The Morgan fingerprint density at radius 2 is 2.05 bits per heavy atom. The highest BCUT2D eigenvalue weighted by molar-refractivity contribution is 9.10. The molecule has 0 bridgehead atoms. The van der Waals surface area contributed by atoms with Gasteiger partial charge < -0.3 is 10.6 Å². The lowest BCUT2D eigenvalue weighted by atomic mass is 10.1. The molecule has 1 amide bonds. The van der Waals surface area contributed by atoms with Gasteiger partial charge >= 0.3 is 0 Å². The molecule has 6 heteroatoms. The summed E-state index contributed by atoms with van der Waals surface area (Å²) in [5.41, 5.74) is 1.80. The van der Waals surface area contributed by atoms with Crippen LogP contribution in [0, 0.1) is 0 Å². The van der Waals surface area contributed by atoms with Gasteiger partial charge in [-0.3, -0.25) is 4.79 Å². The maximum absolute atomic E-state index is 11.9. The Kier molecular flexibility index (Phi) is 4.26. The molecular formula is C15H12BrClN2OS. The molecule has 3 rings (SSSR count). The summed E-state index contributed by atoms with van der Waals surface area (Å²) in [5.74, 6) is -0.0284. The SMILES string of the molecule is CNC1C(=O)Nc2cc(Sc3ccccc3Cl)c(Br)cc21. The van der Waals surface area contributed by atoms with Crippen LogP contribution in [0.2, 0.25) is 5.02 Å². The van der Waals surface area contributed by atoms with Gasteiger partial charge in [0.25, 0.3) is 0 Å². The number of halogens is 2. The number of hydrogen-bond donors (Lipinski definition) is 2. The number of likely N-dealkylation sites (N-methyl/N-ethyl adjacent to an activating group) is 1. The number of amides is 1. The van der Waals surface area contributed by atoms with E-state index in [-0.39, 0.29) is 11.9 Å². The molecule has 0 spiro atoms. The van der Waals surface area contributed by atoms with Gasteiger partial charge in [-0.25, -0.2) is 0 Å². The highest BCUT2D eigenvalue weighted by Gasteiger charge is 2.30. The predicted octanol–water partition coefficient (Wildman–Crippen LogP) is 4.47. The van der Waals surface area contributed by atoms with Crippen molar-refractivity contribution in [2.75, 3.05) is 12.4 Å². The topological polar surface area (TPSA) is 41.1 Å². The standard InChI is InChI=1S/C15H12BrClN2OS/c1-18-14-8-6-9(16)13(7-11(8)19-15(14)20)21-12-5-3-2-4-10(12)17/h2-7,14,18H,1H3,(H,19,20). The third kappa shape index (κ3) is 2.83. The first-order valence-electron chi connectivity index (χ1n) is 6.34. The summed E-state index contributed by atoms with van der Waals surface area (Å²) in [7, 11) is 1.78. The Hall–Kier alpha value is -1.01. The third-order valence-electron chi connectivity index (χ3n) is 3.28. The third-order valence-corrected chi connectivity index (χ3v) is 5.77. The molecule has 0 aromatic heterocycles. The lowest BCUT2D eigenvalue weighted by Crippen LogP contribution is -2.23. The molecule has 0 aliphatic carbocycles. The van der Waals surface area contributed by atoms with E-state index in [1.807, 2.05) is 36.4 Å². The molecule has 1 aliphatic heterocycles. The number of rotatable bonds is 3. The van der Waals surface area contributed by atoms with Crippen LogP contribution >= 0.6 is 39.3 Å². The number of hydrogen-bond acceptors (Lipinski definition) is 3. The zero-order valence-corrected chi connectivity index (χ0v) is 14.3. The fourth-order valence-electron chi connectivity index (χ4n) is 2.27. The van der Waals surface area contributed by atoms with E-state index in [1.54, 1.807) is 18.8 Å². The van der Waals surface area contributed by atoms with Gasteiger partial charge in [-0.05, 0) is 47.2 Å². The Morgan fingerprint density at radius 3 is 2.76 bits per heavy atom. The quantitative estimate of drug-likeness (QED) is 0.822. The van der Waals surface area contributed by atoms with Crippen molar-refractivity contribution in [2.24, 2.45) is 0 Å². The number of benzene rings is 2. The lowest BCUT2D eigenvalue weighted by molar-refractivity contribution is -0.117. The largest absolute Gasteiger partial charge is 0.324 e. The van der Waals surface area contributed by atoms with Crippen molar-refractivity contribution in [1.29, 1.82) is 0 Å². The van der Waals surface area contributed by atoms with Gasteiger partial charge in [0.1, 0.15) is 6.04 Å². The molecule has 3 nitrogen and oxygen atoms in total. The number of anilines is 1. The van der Waals surface area contributed by atoms with Crippen LogP contribution in [0.4, 0.5) is 5.69 Å². The Balaban J connectivity index is 1.98. The lowest BCUT2D eigenvalue weighted by Gasteiger charge is -2.10. The van der Waals surface area contributed by atoms with Gasteiger partial charge in [-0.1, -0.05) is 35.5 Å². The second kappa shape index (κ2) is 6.01. The van der Waals surface area contributed by atoms with Gasteiger partial charge in [-0.2, -0.15) is 0 Å². The van der Waals surface area contributed by atoms with Crippen molar-refractivity contribution in [3.63, 3.8) is 0 Å². The van der Waals surface area contributed by atoms with Crippen LogP contribution in [0.15, 0.2) is 50.7 Å². The molecule has 1 aliphatic rings. The number of nitrogens with one attached hydrogen (secondary N) is 2. The molecule has 0 saturated heterocycles. The Labute approximate surface area is 140 Å². The molecule has 21 heavy (non-hydrogen) atoms. The molecule has 1 atom stereocenters. The van der Waals surface area contributed by atoms with Crippen molar-refractivity contribution in [2.45, 2.75) is 15.8 Å². The predicted molar refractivity (Wildman–Crippen MR) is 90.1 cm³/mol. The van der Waals surface area contributed by atoms with Crippen molar-refractivity contribution >= 4 is 50.9 Å². The van der Waals surface area contributed by atoms with E-state index < -0.39 is 0 Å². The average molecular weight is 384 g/mol. The van der Waals surface area contributed by atoms with Crippen LogP contribution in [0.3, 0.4) is 0 Å². The van der Waals surface area contributed by atoms with Crippen molar-refractivity contribution in [3.05, 3.63) is 51.5 Å². The van der Waals surface area contributed by atoms with E-state index in [9.17, 15) is 4.79 Å². The number of fused-ring (bicyclic) bond motifs is 1. The molecule has 0 saturated carbocycles. The van der Waals surface area contributed by atoms with Crippen LogP contribution in [0.5, 0.6) is 0 Å². The molecule has 2 aromatic carbocycles. The first-order valence-corrected chi connectivity index (χ1v) is 8.33. The first-order chi connectivity index (χ1) is 10.1. The van der Waals surface area contributed by atoms with E-state index in [0.717, 1.165) is 25.5 Å². The summed E-state index contributed by atoms with van der Waals surface area (Å²) in [4.78, 5) is 13.9. The maximum Gasteiger partial charge on any atom is 0.246 e. The summed E-state index contributed by atoms with van der Waals surface area (Å²) in [6, 6.07) is 11.4. The molecular weight excluding hydrogens is 372 g/mol. The van der Waals surface area contributed by atoms with Gasteiger partial charge in [0.05, 0.1) is 5.02 Å². The van der Waals surface area contributed by atoms with Gasteiger partial charge in [0, 0.05) is 25.5 Å². The second-order valence-electron chi connectivity index (χ2n) is 4.61. The van der Waals surface area contributed by atoms with E-state index in [4.69, 9.17) is 11.6 Å². The van der Waals surface area contributed by atoms with Gasteiger partial charge in [0.15, 0.2) is 0 Å². The van der Waals surface area contributed by atoms with E-state index in [2.05, 4.69) is 26.6 Å². The van der Waals surface area contributed by atoms with E-state index in [1.165, 1.54) is 0 Å². The zero-order chi connectivity index (χ0) is 15.0. The van der Waals surface area contributed by atoms with E-state index in [0.29, 0.717) is 5.02 Å². The summed E-state index contributed by atoms with van der Waals surface area (Å²) in [5, 5.41) is 6.63. The highest BCUT2D eigenvalue weighted by atomic mass is 79.9. The normalized spacial score (nSPS) is 16.7. The van der Waals surface area contributed by atoms with Crippen LogP contribution < -0.4 is 10.6 Å². The smallest absolute Gasteiger partial charge is 0.246 e. The highest BCUT2D eigenvalue weighted by Crippen LogP contribution is 2.42. The van der Waals surface area contributed by atoms with Crippen LogP contribution in [0.1, 0.15) is 11.6 Å². The van der Waals surface area contributed by atoms with E-state index >= 15 is 0 Å². The summed E-state index contributed by atoms with van der Waals surface area (Å²) in [6.45, 7) is 0. The zero-order valence-electron chi connectivity index (χ0n) is 11.1. The molecule has 0 fully saturated rings. The van der Waals surface area contributed by atoms with Crippen LogP contribution in [-0.4, -0.2) is 13.0 Å². The first kappa shape index (κ1) is 14.9. The Morgan fingerprint density at radius 1 is 1.29 bits per heavy atom. The Bertz CT molecular complexity index is 723. The number of carbonyl (C=O) groups excluding carboxylic acids is 1. The fourth-order valence-corrected chi connectivity index (χ4v) is 4.01. The summed E-state index contributed by atoms with van der Waals surface area (Å²) in [6.07, 6.45) is 0. The average Bonchev–Trinajstić information content (AvgIpc) is 2.76. The minimum absolute atomic E-state index is 0.0284. The molecule has 1 unspecified atom stereocenters.